The molecule has 0 saturated carbocycles. The van der Waals surface area contributed by atoms with E-state index in [-0.39, 0.29) is 0 Å². The Morgan fingerprint density at radius 3 is 2.56 bits per heavy atom. The van der Waals surface area contributed by atoms with Crippen LogP contribution in [0.25, 0.3) is 0 Å². The van der Waals surface area contributed by atoms with Gasteiger partial charge in [-0.15, -0.1) is 0 Å². The first-order valence-electron chi connectivity index (χ1n) is 5.66. The van der Waals surface area contributed by atoms with Gasteiger partial charge in [0, 0.05) is 7.05 Å². The molecule has 0 aliphatic heterocycles. The Kier molecular flexibility index (Phi) is 3.44. The zero-order chi connectivity index (χ0) is 13.0. The van der Waals surface area contributed by atoms with Crippen molar-refractivity contribution in [1.82, 2.24) is 4.98 Å². The highest BCUT2D eigenvalue weighted by molar-refractivity contribution is 5.67. The summed E-state index contributed by atoms with van der Waals surface area (Å²) in [6.45, 7) is 1.92. The molecule has 1 aromatic heterocycles. The molecule has 0 aliphatic rings. The largest absolute Gasteiger partial charge is 0.373 e. The maximum Gasteiger partial charge on any atom is 0.132 e. The maximum atomic E-state index is 9.16. The molecular formula is C14H14N4. The number of anilines is 3. The molecule has 0 amide bonds. The van der Waals surface area contributed by atoms with E-state index in [4.69, 9.17) is 5.26 Å². The second-order valence-electron chi connectivity index (χ2n) is 3.89. The van der Waals surface area contributed by atoms with E-state index in [9.17, 15) is 0 Å². The monoisotopic (exact) mass is 238 g/mol. The number of nitrogens with zero attached hydrogens (tertiary/aromatic N) is 2. The average Bonchev–Trinajstić information content (AvgIpc) is 2.39. The number of pyridine rings is 1. The number of hydrogen-bond acceptors (Lipinski definition) is 4. The van der Waals surface area contributed by atoms with Crippen molar-refractivity contribution in [3.63, 3.8) is 0 Å². The molecule has 1 aromatic carbocycles. The van der Waals surface area contributed by atoms with Gasteiger partial charge in [0.15, 0.2) is 0 Å². The van der Waals surface area contributed by atoms with Gasteiger partial charge in [-0.25, -0.2) is 4.98 Å². The van der Waals surface area contributed by atoms with Gasteiger partial charge in [0.05, 0.1) is 11.3 Å². The van der Waals surface area contributed by atoms with Gasteiger partial charge in [0.2, 0.25) is 0 Å². The topological polar surface area (TPSA) is 60.7 Å². The molecule has 0 fully saturated rings. The van der Waals surface area contributed by atoms with Crippen molar-refractivity contribution in [2.45, 2.75) is 6.92 Å². The first-order chi connectivity index (χ1) is 8.74. The number of aryl methyl sites for hydroxylation is 1. The summed E-state index contributed by atoms with van der Waals surface area (Å²) in [5.41, 5.74) is 2.37. The number of benzene rings is 1. The summed E-state index contributed by atoms with van der Waals surface area (Å²) in [6, 6.07) is 13.6. The fourth-order valence-corrected chi connectivity index (χ4v) is 1.70. The van der Waals surface area contributed by atoms with Crippen LogP contribution in [0.4, 0.5) is 17.3 Å². The van der Waals surface area contributed by atoms with Crippen LogP contribution < -0.4 is 10.6 Å². The lowest BCUT2D eigenvalue weighted by atomic mass is 10.1. The molecule has 4 nitrogen and oxygen atoms in total. The van der Waals surface area contributed by atoms with Gasteiger partial charge in [0.1, 0.15) is 17.7 Å². The fourth-order valence-electron chi connectivity index (χ4n) is 1.70. The summed E-state index contributed by atoms with van der Waals surface area (Å²) in [5.74, 6) is 1.50. The van der Waals surface area contributed by atoms with Gasteiger partial charge in [0.25, 0.3) is 0 Å². The molecule has 90 valence electrons. The zero-order valence-electron chi connectivity index (χ0n) is 10.4. The second-order valence-corrected chi connectivity index (χ2v) is 3.89. The highest BCUT2D eigenvalue weighted by Crippen LogP contribution is 2.22. The highest BCUT2D eigenvalue weighted by atomic mass is 15.1. The predicted octanol–water partition coefficient (Wildman–Crippen LogP) is 3.05. The molecule has 0 bridgehead atoms. The second kappa shape index (κ2) is 5.19. The van der Waals surface area contributed by atoms with Crippen molar-refractivity contribution in [2.75, 3.05) is 17.7 Å². The Bertz CT molecular complexity index is 599. The van der Waals surface area contributed by atoms with Crippen molar-refractivity contribution in [3.05, 3.63) is 47.5 Å². The van der Waals surface area contributed by atoms with Gasteiger partial charge < -0.3 is 10.6 Å². The van der Waals surface area contributed by atoms with Crippen molar-refractivity contribution in [2.24, 2.45) is 0 Å². The third-order valence-electron chi connectivity index (χ3n) is 2.65. The number of hydrogen-bond donors (Lipinski definition) is 2. The highest BCUT2D eigenvalue weighted by Gasteiger charge is 2.05. The normalized spacial score (nSPS) is 9.61. The SMILES string of the molecule is CNc1cccc(Nc2cccc(C)c2C#N)n1. The van der Waals surface area contributed by atoms with Crippen molar-refractivity contribution >= 4 is 17.3 Å². The van der Waals surface area contributed by atoms with Gasteiger partial charge in [-0.05, 0) is 30.7 Å². The van der Waals surface area contributed by atoms with Gasteiger partial charge >= 0.3 is 0 Å². The average molecular weight is 238 g/mol. The first kappa shape index (κ1) is 11.9. The number of aromatic nitrogens is 1. The third kappa shape index (κ3) is 2.41. The Balaban J connectivity index is 2.34. The Hall–Kier alpha value is -2.54. The smallest absolute Gasteiger partial charge is 0.132 e. The quantitative estimate of drug-likeness (QED) is 0.862. The van der Waals surface area contributed by atoms with Crippen LogP contribution in [0.2, 0.25) is 0 Å². The molecule has 1 heterocycles. The first-order valence-corrected chi connectivity index (χ1v) is 5.66. The van der Waals surface area contributed by atoms with E-state index in [1.54, 1.807) is 0 Å². The lowest BCUT2D eigenvalue weighted by molar-refractivity contribution is 1.27. The summed E-state index contributed by atoms with van der Waals surface area (Å²) < 4.78 is 0. The standard InChI is InChI=1S/C14H14N4/c1-10-5-3-6-12(11(10)9-15)17-14-8-4-7-13(16-2)18-14/h3-8H,1-2H3,(H2,16,17,18). The van der Waals surface area contributed by atoms with E-state index in [2.05, 4.69) is 21.7 Å². The van der Waals surface area contributed by atoms with Crippen LogP contribution in [0.3, 0.4) is 0 Å². The summed E-state index contributed by atoms with van der Waals surface area (Å²) >= 11 is 0. The van der Waals surface area contributed by atoms with E-state index < -0.39 is 0 Å². The number of nitrogens with one attached hydrogen (secondary N) is 2. The molecule has 0 radical (unpaired) electrons. The summed E-state index contributed by atoms with van der Waals surface area (Å²) in [6.07, 6.45) is 0. The van der Waals surface area contributed by atoms with E-state index in [1.807, 2.05) is 50.4 Å². The van der Waals surface area contributed by atoms with E-state index in [0.717, 1.165) is 17.1 Å². The molecule has 2 rings (SSSR count). The Morgan fingerprint density at radius 2 is 1.83 bits per heavy atom. The van der Waals surface area contributed by atoms with Crippen molar-refractivity contribution in [3.8, 4) is 6.07 Å². The number of rotatable bonds is 3. The van der Waals surface area contributed by atoms with Crippen LogP contribution in [-0.4, -0.2) is 12.0 Å². The van der Waals surface area contributed by atoms with Gasteiger partial charge in [-0.2, -0.15) is 5.26 Å². The minimum Gasteiger partial charge on any atom is -0.373 e. The van der Waals surface area contributed by atoms with Crippen molar-refractivity contribution in [1.29, 1.82) is 5.26 Å². The molecule has 0 saturated heterocycles. The van der Waals surface area contributed by atoms with Crippen LogP contribution in [-0.2, 0) is 0 Å². The lowest BCUT2D eigenvalue weighted by Crippen LogP contribution is -1.99. The molecule has 18 heavy (non-hydrogen) atoms. The van der Waals surface area contributed by atoms with E-state index in [0.29, 0.717) is 11.4 Å². The Labute approximate surface area is 106 Å². The molecular weight excluding hydrogens is 224 g/mol. The summed E-state index contributed by atoms with van der Waals surface area (Å²) in [5, 5.41) is 15.3. The molecule has 0 unspecified atom stereocenters. The minimum absolute atomic E-state index is 0.647. The van der Waals surface area contributed by atoms with Gasteiger partial charge in [-0.3, -0.25) is 0 Å². The number of nitriles is 1. The molecule has 2 N–H and O–H groups in total. The molecule has 0 atom stereocenters. The summed E-state index contributed by atoms with van der Waals surface area (Å²) in [7, 11) is 1.82. The minimum atomic E-state index is 0.647. The molecule has 4 heteroatoms. The van der Waals surface area contributed by atoms with Crippen LogP contribution in [0.5, 0.6) is 0 Å². The molecule has 2 aromatic rings. The molecule has 0 aliphatic carbocycles. The maximum absolute atomic E-state index is 9.16. The predicted molar refractivity (Wildman–Crippen MR) is 73.0 cm³/mol. The lowest BCUT2D eigenvalue weighted by Gasteiger charge is -2.10. The third-order valence-corrected chi connectivity index (χ3v) is 2.65. The van der Waals surface area contributed by atoms with Crippen LogP contribution >= 0.6 is 0 Å². The van der Waals surface area contributed by atoms with E-state index >= 15 is 0 Å². The zero-order valence-corrected chi connectivity index (χ0v) is 10.4. The van der Waals surface area contributed by atoms with Crippen LogP contribution in [0.1, 0.15) is 11.1 Å². The summed E-state index contributed by atoms with van der Waals surface area (Å²) in [4.78, 5) is 4.36. The fraction of sp³-hybridized carbons (Fsp3) is 0.143. The van der Waals surface area contributed by atoms with Crippen LogP contribution in [0.15, 0.2) is 36.4 Å². The van der Waals surface area contributed by atoms with E-state index in [1.165, 1.54) is 0 Å². The van der Waals surface area contributed by atoms with Crippen LogP contribution in [0, 0.1) is 18.3 Å². The van der Waals surface area contributed by atoms with Gasteiger partial charge in [-0.1, -0.05) is 18.2 Å². The Morgan fingerprint density at radius 1 is 1.11 bits per heavy atom. The molecule has 0 spiro atoms. The van der Waals surface area contributed by atoms with Crippen molar-refractivity contribution < 1.29 is 0 Å².